The van der Waals surface area contributed by atoms with Crippen LogP contribution in [0.1, 0.15) is 24.5 Å². The lowest BCUT2D eigenvalue weighted by molar-refractivity contribution is -0.274. The Bertz CT molecular complexity index is 533. The molecule has 1 saturated heterocycles. The molecule has 1 aliphatic heterocycles. The van der Waals surface area contributed by atoms with Gasteiger partial charge < -0.3 is 14.6 Å². The second-order valence-electron chi connectivity index (χ2n) is 4.95. The number of aliphatic hydroxyl groups excluding tert-OH is 1. The Balaban J connectivity index is 2.24. The fraction of sp³-hybridized carbons (Fsp3) is 0.500. The van der Waals surface area contributed by atoms with Crippen LogP contribution in [0.5, 0.6) is 5.75 Å². The van der Waals surface area contributed by atoms with E-state index in [9.17, 15) is 23.5 Å². The van der Waals surface area contributed by atoms with Gasteiger partial charge in [-0.05, 0) is 30.5 Å². The summed E-state index contributed by atoms with van der Waals surface area (Å²) in [7, 11) is 0. The second-order valence-corrected chi connectivity index (χ2v) is 4.95. The van der Waals surface area contributed by atoms with Crippen LogP contribution < -0.4 is 4.74 Å². The predicted molar refractivity (Wildman–Crippen MR) is 66.2 cm³/mol. The lowest BCUT2D eigenvalue weighted by Gasteiger charge is -2.35. The average Bonchev–Trinajstić information content (AvgIpc) is 2.45. The van der Waals surface area contributed by atoms with Crippen molar-refractivity contribution in [1.82, 2.24) is 0 Å². The van der Waals surface area contributed by atoms with E-state index in [1.165, 1.54) is 12.1 Å². The first-order chi connectivity index (χ1) is 9.86. The Hall–Kier alpha value is -1.78. The molecule has 7 heteroatoms. The molecule has 1 aromatic rings. The van der Waals surface area contributed by atoms with Gasteiger partial charge in [-0.1, -0.05) is 12.1 Å². The van der Waals surface area contributed by atoms with Crippen molar-refractivity contribution >= 4 is 0 Å². The van der Waals surface area contributed by atoms with E-state index in [1.807, 2.05) is 6.07 Å². The fourth-order valence-electron chi connectivity index (χ4n) is 2.38. The molecular weight excluding hydrogens is 287 g/mol. The van der Waals surface area contributed by atoms with Crippen LogP contribution in [0, 0.1) is 16.7 Å². The first-order valence-electron chi connectivity index (χ1n) is 6.39. The average molecular weight is 301 g/mol. The molecule has 2 rings (SSSR count). The number of ether oxygens (including phenoxy) is 2. The van der Waals surface area contributed by atoms with Crippen LogP contribution in [0.2, 0.25) is 0 Å². The minimum Gasteiger partial charge on any atom is -0.406 e. The zero-order chi connectivity index (χ0) is 15.5. The molecule has 0 saturated carbocycles. The molecule has 2 unspecified atom stereocenters. The summed E-state index contributed by atoms with van der Waals surface area (Å²) in [6, 6.07) is 7.08. The normalized spacial score (nSPS) is 24.1. The minimum atomic E-state index is -4.80. The zero-order valence-corrected chi connectivity index (χ0v) is 11.1. The van der Waals surface area contributed by atoms with Crippen LogP contribution in [0.15, 0.2) is 24.3 Å². The first kappa shape index (κ1) is 15.6. The molecule has 2 atom stereocenters. The molecule has 1 heterocycles. The third kappa shape index (κ3) is 3.65. The van der Waals surface area contributed by atoms with Crippen LogP contribution in [0.25, 0.3) is 0 Å². The molecule has 1 aromatic carbocycles. The van der Waals surface area contributed by atoms with Crippen molar-refractivity contribution < 1.29 is 27.8 Å². The van der Waals surface area contributed by atoms with Crippen molar-refractivity contribution in [2.75, 3.05) is 13.2 Å². The molecule has 0 aromatic heterocycles. The maximum Gasteiger partial charge on any atom is 0.573 e. The third-order valence-electron chi connectivity index (χ3n) is 3.42. The number of hydrogen-bond acceptors (Lipinski definition) is 4. The minimum absolute atomic E-state index is 0.0506. The van der Waals surface area contributed by atoms with Crippen LogP contribution in [-0.4, -0.2) is 24.7 Å². The maximum absolute atomic E-state index is 12.2. The van der Waals surface area contributed by atoms with Crippen molar-refractivity contribution in [1.29, 1.82) is 5.26 Å². The van der Waals surface area contributed by atoms with Gasteiger partial charge in [0.15, 0.2) is 0 Å². The van der Waals surface area contributed by atoms with Gasteiger partial charge in [-0.2, -0.15) is 5.26 Å². The number of aliphatic hydroxyl groups is 1. The molecule has 0 aliphatic carbocycles. The Kier molecular flexibility index (Phi) is 4.40. The summed E-state index contributed by atoms with van der Waals surface area (Å²) < 4.78 is 45.7. The monoisotopic (exact) mass is 301 g/mol. The van der Waals surface area contributed by atoms with Gasteiger partial charge >= 0.3 is 6.36 Å². The number of nitriles is 1. The standard InChI is InChI=1S/C14H14F3NO3/c15-14(16,17)21-11-4-1-3-10(7-11)12(19)13(8-18)5-2-6-20-9-13/h1,3-4,7,12,19H,2,5-6,9H2. The van der Waals surface area contributed by atoms with E-state index in [1.54, 1.807) is 0 Å². The highest BCUT2D eigenvalue weighted by Crippen LogP contribution is 2.41. The Labute approximate surface area is 119 Å². The molecule has 4 nitrogen and oxygen atoms in total. The largest absolute Gasteiger partial charge is 0.573 e. The molecule has 0 radical (unpaired) electrons. The summed E-state index contributed by atoms with van der Waals surface area (Å²) in [5.41, 5.74) is -0.946. The third-order valence-corrected chi connectivity index (χ3v) is 3.42. The molecule has 0 spiro atoms. The number of benzene rings is 1. The second kappa shape index (κ2) is 5.92. The summed E-state index contributed by atoms with van der Waals surface area (Å²) in [5.74, 6) is -0.427. The quantitative estimate of drug-likeness (QED) is 0.932. The molecule has 1 fully saturated rings. The highest BCUT2D eigenvalue weighted by atomic mass is 19.4. The summed E-state index contributed by atoms with van der Waals surface area (Å²) in [6.45, 7) is 0.558. The van der Waals surface area contributed by atoms with Crippen molar-refractivity contribution in [3.63, 3.8) is 0 Å². The Morgan fingerprint density at radius 3 is 2.76 bits per heavy atom. The van der Waals surface area contributed by atoms with Gasteiger partial charge in [0, 0.05) is 6.61 Å². The topological polar surface area (TPSA) is 62.5 Å². The predicted octanol–water partition coefficient (Wildman–Crippen LogP) is 2.94. The first-order valence-corrected chi connectivity index (χ1v) is 6.39. The van der Waals surface area contributed by atoms with Crippen LogP contribution in [0.3, 0.4) is 0 Å². The zero-order valence-electron chi connectivity index (χ0n) is 11.1. The lowest BCUT2D eigenvalue weighted by Crippen LogP contribution is -2.36. The molecule has 21 heavy (non-hydrogen) atoms. The molecule has 1 N–H and O–H groups in total. The highest BCUT2D eigenvalue weighted by Gasteiger charge is 2.41. The van der Waals surface area contributed by atoms with E-state index < -0.39 is 23.6 Å². The lowest BCUT2D eigenvalue weighted by atomic mass is 9.76. The Morgan fingerprint density at radius 1 is 1.43 bits per heavy atom. The smallest absolute Gasteiger partial charge is 0.406 e. The number of alkyl halides is 3. The molecule has 114 valence electrons. The van der Waals surface area contributed by atoms with Gasteiger partial charge in [-0.15, -0.1) is 13.2 Å². The SMILES string of the molecule is N#CC1(C(O)c2cccc(OC(F)(F)F)c2)CCCOC1. The van der Waals surface area contributed by atoms with Crippen molar-refractivity contribution in [2.45, 2.75) is 25.3 Å². The molecule has 1 aliphatic rings. The molecular formula is C14H14F3NO3. The summed E-state index contributed by atoms with van der Waals surface area (Å²) in [4.78, 5) is 0. The summed E-state index contributed by atoms with van der Waals surface area (Å²) in [5, 5.41) is 19.7. The van der Waals surface area contributed by atoms with Crippen molar-refractivity contribution in [3.8, 4) is 11.8 Å². The van der Waals surface area contributed by atoms with Gasteiger partial charge in [0.1, 0.15) is 11.2 Å². The number of rotatable bonds is 3. The van der Waals surface area contributed by atoms with Crippen molar-refractivity contribution in [2.24, 2.45) is 5.41 Å². The summed E-state index contributed by atoms with van der Waals surface area (Å²) >= 11 is 0. The van der Waals surface area contributed by atoms with E-state index in [0.29, 0.717) is 19.4 Å². The number of nitrogens with zero attached hydrogens (tertiary/aromatic N) is 1. The molecule has 0 bridgehead atoms. The number of hydrogen-bond donors (Lipinski definition) is 1. The van der Waals surface area contributed by atoms with Gasteiger partial charge in [0.2, 0.25) is 0 Å². The van der Waals surface area contributed by atoms with E-state index >= 15 is 0 Å². The van der Waals surface area contributed by atoms with Crippen LogP contribution in [-0.2, 0) is 4.74 Å². The van der Waals surface area contributed by atoms with Gasteiger partial charge in [0.25, 0.3) is 0 Å². The van der Waals surface area contributed by atoms with Gasteiger partial charge in [-0.3, -0.25) is 0 Å². The van der Waals surface area contributed by atoms with Crippen molar-refractivity contribution in [3.05, 3.63) is 29.8 Å². The van der Waals surface area contributed by atoms with Gasteiger partial charge in [-0.25, -0.2) is 0 Å². The fourth-order valence-corrected chi connectivity index (χ4v) is 2.38. The van der Waals surface area contributed by atoms with E-state index in [2.05, 4.69) is 4.74 Å². The number of halogens is 3. The summed E-state index contributed by atoms with van der Waals surface area (Å²) in [6.07, 6.45) is -5.00. The van der Waals surface area contributed by atoms with Crippen LogP contribution >= 0.6 is 0 Å². The van der Waals surface area contributed by atoms with Crippen LogP contribution in [0.4, 0.5) is 13.2 Å². The highest BCUT2D eigenvalue weighted by molar-refractivity contribution is 5.32. The Morgan fingerprint density at radius 2 is 2.19 bits per heavy atom. The van der Waals surface area contributed by atoms with Gasteiger partial charge in [0.05, 0.1) is 18.8 Å². The molecule has 0 amide bonds. The maximum atomic E-state index is 12.2. The van der Waals surface area contributed by atoms with E-state index in [4.69, 9.17) is 4.74 Å². The van der Waals surface area contributed by atoms with E-state index in [0.717, 1.165) is 12.1 Å². The van der Waals surface area contributed by atoms with E-state index in [-0.39, 0.29) is 12.2 Å².